The molecule has 0 bridgehead atoms. The molecule has 2 N–H and O–H groups in total. The number of aliphatic hydroxyl groups excluding tert-OH is 1. The van der Waals surface area contributed by atoms with E-state index in [9.17, 15) is 19.5 Å². The molecule has 7 heteroatoms. The van der Waals surface area contributed by atoms with E-state index in [4.69, 9.17) is 4.74 Å². The first kappa shape index (κ1) is 15.0. The van der Waals surface area contributed by atoms with Crippen LogP contribution in [0.15, 0.2) is 24.3 Å². The number of carbonyl (C=O) groups is 3. The lowest BCUT2D eigenvalue weighted by atomic mass is 10.1. The first-order valence-electron chi connectivity index (χ1n) is 6.53. The van der Waals surface area contributed by atoms with Gasteiger partial charge >= 0.3 is 5.97 Å². The SMILES string of the molecule is CCOC(=O)C(O)c1ccc(N2CC(=O)NC(=O)C2)cc1. The number of ether oxygens (including phenoxy) is 1. The molecule has 1 aliphatic heterocycles. The number of amides is 2. The average molecular weight is 292 g/mol. The van der Waals surface area contributed by atoms with Gasteiger partial charge in [-0.05, 0) is 24.6 Å². The van der Waals surface area contributed by atoms with Gasteiger partial charge in [0, 0.05) is 5.69 Å². The number of piperazine rings is 1. The molecule has 112 valence electrons. The summed E-state index contributed by atoms with van der Waals surface area (Å²) in [4.78, 5) is 35.7. The van der Waals surface area contributed by atoms with Crippen LogP contribution >= 0.6 is 0 Å². The van der Waals surface area contributed by atoms with Gasteiger partial charge in [0.1, 0.15) is 0 Å². The number of nitrogens with zero attached hydrogens (tertiary/aromatic N) is 1. The van der Waals surface area contributed by atoms with Gasteiger partial charge in [-0.25, -0.2) is 4.79 Å². The Balaban J connectivity index is 2.10. The van der Waals surface area contributed by atoms with Crippen molar-refractivity contribution < 1.29 is 24.2 Å². The van der Waals surface area contributed by atoms with Gasteiger partial charge < -0.3 is 14.7 Å². The number of carbonyl (C=O) groups excluding carboxylic acids is 3. The van der Waals surface area contributed by atoms with E-state index in [1.807, 2.05) is 0 Å². The van der Waals surface area contributed by atoms with Gasteiger partial charge in [-0.1, -0.05) is 12.1 Å². The Morgan fingerprint density at radius 3 is 2.38 bits per heavy atom. The monoisotopic (exact) mass is 292 g/mol. The number of rotatable bonds is 4. The van der Waals surface area contributed by atoms with Gasteiger partial charge in [0.25, 0.3) is 0 Å². The van der Waals surface area contributed by atoms with Crippen LogP contribution in [0.1, 0.15) is 18.6 Å². The lowest BCUT2D eigenvalue weighted by Crippen LogP contribution is -2.51. The fourth-order valence-electron chi connectivity index (χ4n) is 2.04. The highest BCUT2D eigenvalue weighted by Crippen LogP contribution is 2.20. The Morgan fingerprint density at radius 2 is 1.86 bits per heavy atom. The number of aliphatic hydroxyl groups is 1. The molecule has 1 aromatic rings. The second-order valence-electron chi connectivity index (χ2n) is 4.57. The molecule has 1 saturated heterocycles. The summed E-state index contributed by atoms with van der Waals surface area (Å²) in [7, 11) is 0. The van der Waals surface area contributed by atoms with Crippen molar-refractivity contribution in [2.75, 3.05) is 24.6 Å². The van der Waals surface area contributed by atoms with Gasteiger partial charge in [-0.2, -0.15) is 0 Å². The predicted octanol–water partition coefficient (Wildman–Crippen LogP) is -0.254. The molecule has 0 aliphatic carbocycles. The topological polar surface area (TPSA) is 95.9 Å². The van der Waals surface area contributed by atoms with E-state index in [1.54, 1.807) is 36.1 Å². The Bertz CT molecular complexity index is 539. The van der Waals surface area contributed by atoms with E-state index in [-0.39, 0.29) is 31.5 Å². The highest BCUT2D eigenvalue weighted by Gasteiger charge is 2.23. The van der Waals surface area contributed by atoms with Crippen LogP contribution in [0.5, 0.6) is 0 Å². The molecule has 2 rings (SSSR count). The number of esters is 1. The molecule has 1 fully saturated rings. The number of anilines is 1. The van der Waals surface area contributed by atoms with Gasteiger partial charge in [0.15, 0.2) is 6.10 Å². The molecule has 7 nitrogen and oxygen atoms in total. The van der Waals surface area contributed by atoms with Crippen LogP contribution in [0.25, 0.3) is 0 Å². The van der Waals surface area contributed by atoms with Crippen LogP contribution in [-0.2, 0) is 19.1 Å². The standard InChI is InChI=1S/C14H16N2O5/c1-2-21-14(20)13(19)9-3-5-10(6-4-9)16-7-11(17)15-12(18)8-16/h3-6,13,19H,2,7-8H2,1H3,(H,15,17,18). The third-order valence-electron chi connectivity index (χ3n) is 3.03. The lowest BCUT2D eigenvalue weighted by molar-refractivity contribution is -0.153. The summed E-state index contributed by atoms with van der Waals surface area (Å²) in [6.07, 6.45) is -1.34. The maximum atomic E-state index is 11.4. The molecule has 0 saturated carbocycles. The summed E-state index contributed by atoms with van der Waals surface area (Å²) in [5.41, 5.74) is 1.06. The molecular formula is C14H16N2O5. The predicted molar refractivity (Wildman–Crippen MR) is 73.4 cm³/mol. The smallest absolute Gasteiger partial charge is 0.339 e. The van der Waals surface area contributed by atoms with Crippen molar-refractivity contribution in [1.82, 2.24) is 5.32 Å². The molecule has 1 unspecified atom stereocenters. The van der Waals surface area contributed by atoms with Crippen LogP contribution in [0.4, 0.5) is 5.69 Å². The Kier molecular flexibility index (Phi) is 4.54. The molecule has 1 atom stereocenters. The second kappa shape index (κ2) is 6.36. The van der Waals surface area contributed by atoms with E-state index in [0.29, 0.717) is 11.3 Å². The summed E-state index contributed by atoms with van der Waals surface area (Å²) in [5, 5.41) is 12.0. The second-order valence-corrected chi connectivity index (χ2v) is 4.57. The number of hydrogen-bond acceptors (Lipinski definition) is 6. The van der Waals surface area contributed by atoms with E-state index in [2.05, 4.69) is 5.32 Å². The van der Waals surface area contributed by atoms with Crippen molar-refractivity contribution in [3.05, 3.63) is 29.8 Å². The molecule has 0 radical (unpaired) electrons. The van der Waals surface area contributed by atoms with Crippen LogP contribution in [0.2, 0.25) is 0 Å². The minimum atomic E-state index is -1.34. The first-order chi connectivity index (χ1) is 10.0. The van der Waals surface area contributed by atoms with Crippen LogP contribution in [-0.4, -0.2) is 42.6 Å². The van der Waals surface area contributed by atoms with Gasteiger partial charge in [-0.3, -0.25) is 14.9 Å². The highest BCUT2D eigenvalue weighted by molar-refractivity contribution is 6.02. The first-order valence-corrected chi connectivity index (χ1v) is 6.53. The summed E-state index contributed by atoms with van der Waals surface area (Å²) in [6, 6.07) is 6.41. The largest absolute Gasteiger partial charge is 0.464 e. The number of imide groups is 1. The van der Waals surface area contributed by atoms with Gasteiger partial charge in [0.2, 0.25) is 11.8 Å². The third-order valence-corrected chi connectivity index (χ3v) is 3.03. The number of nitrogens with one attached hydrogen (secondary N) is 1. The summed E-state index contributed by atoms with van der Waals surface area (Å²) in [6.45, 7) is 2.03. The van der Waals surface area contributed by atoms with Crippen molar-refractivity contribution >= 4 is 23.5 Å². The van der Waals surface area contributed by atoms with E-state index >= 15 is 0 Å². The summed E-state index contributed by atoms with van der Waals surface area (Å²) in [5.74, 6) is -1.43. The van der Waals surface area contributed by atoms with E-state index in [1.165, 1.54) is 0 Å². The normalized spacial score (nSPS) is 16.4. The van der Waals surface area contributed by atoms with E-state index < -0.39 is 12.1 Å². The number of benzene rings is 1. The highest BCUT2D eigenvalue weighted by atomic mass is 16.5. The maximum Gasteiger partial charge on any atom is 0.339 e. The Hall–Kier alpha value is -2.41. The third kappa shape index (κ3) is 3.57. The number of hydrogen-bond donors (Lipinski definition) is 2. The average Bonchev–Trinajstić information content (AvgIpc) is 2.46. The zero-order valence-electron chi connectivity index (χ0n) is 11.5. The minimum Gasteiger partial charge on any atom is -0.464 e. The summed E-state index contributed by atoms with van der Waals surface area (Å²) < 4.78 is 4.74. The van der Waals surface area contributed by atoms with Crippen molar-refractivity contribution in [2.45, 2.75) is 13.0 Å². The molecule has 0 spiro atoms. The molecule has 1 aromatic carbocycles. The molecule has 1 heterocycles. The fourth-order valence-corrected chi connectivity index (χ4v) is 2.04. The molecule has 0 aromatic heterocycles. The zero-order valence-corrected chi connectivity index (χ0v) is 11.5. The van der Waals surface area contributed by atoms with Crippen LogP contribution < -0.4 is 10.2 Å². The minimum absolute atomic E-state index is 0.0888. The molecule has 21 heavy (non-hydrogen) atoms. The van der Waals surface area contributed by atoms with Gasteiger partial charge in [0.05, 0.1) is 19.7 Å². The summed E-state index contributed by atoms with van der Waals surface area (Å²) >= 11 is 0. The van der Waals surface area contributed by atoms with E-state index in [0.717, 1.165) is 0 Å². The van der Waals surface area contributed by atoms with Crippen molar-refractivity contribution in [3.8, 4) is 0 Å². The molecular weight excluding hydrogens is 276 g/mol. The fraction of sp³-hybridized carbons (Fsp3) is 0.357. The molecule has 1 aliphatic rings. The van der Waals surface area contributed by atoms with Crippen molar-refractivity contribution in [2.24, 2.45) is 0 Å². The Labute approximate surface area is 121 Å². The van der Waals surface area contributed by atoms with Crippen LogP contribution in [0, 0.1) is 0 Å². The van der Waals surface area contributed by atoms with Crippen LogP contribution in [0.3, 0.4) is 0 Å². The van der Waals surface area contributed by atoms with Crippen molar-refractivity contribution in [1.29, 1.82) is 0 Å². The zero-order chi connectivity index (χ0) is 15.4. The van der Waals surface area contributed by atoms with Crippen molar-refractivity contribution in [3.63, 3.8) is 0 Å². The van der Waals surface area contributed by atoms with Gasteiger partial charge in [-0.15, -0.1) is 0 Å². The Morgan fingerprint density at radius 1 is 1.29 bits per heavy atom. The quantitative estimate of drug-likeness (QED) is 0.586. The lowest BCUT2D eigenvalue weighted by Gasteiger charge is -2.27. The maximum absolute atomic E-state index is 11.4. The molecule has 2 amide bonds.